The van der Waals surface area contributed by atoms with Crippen LogP contribution in [-0.4, -0.2) is 17.5 Å². The van der Waals surface area contributed by atoms with Crippen LogP contribution in [0.3, 0.4) is 0 Å². The summed E-state index contributed by atoms with van der Waals surface area (Å²) in [4.78, 5) is 14.9. The minimum atomic E-state index is -0.0928. The molecule has 144 valence electrons. The SMILES string of the molecule is Cc1ccc(NC(=O)N(CCc2ccc(Cl)cc2)Cc2ccccc2)c(C)c1. The monoisotopic (exact) mass is 392 g/mol. The van der Waals surface area contributed by atoms with Crippen molar-refractivity contribution >= 4 is 23.3 Å². The van der Waals surface area contributed by atoms with Crippen molar-refractivity contribution in [3.05, 3.63) is 100 Å². The second-order valence-electron chi connectivity index (χ2n) is 7.03. The van der Waals surface area contributed by atoms with E-state index in [0.717, 1.165) is 33.8 Å². The maximum absolute atomic E-state index is 13.0. The number of hydrogen-bond acceptors (Lipinski definition) is 1. The van der Waals surface area contributed by atoms with Gasteiger partial charge in [-0.25, -0.2) is 4.79 Å². The van der Waals surface area contributed by atoms with Gasteiger partial charge in [-0.1, -0.05) is 71.8 Å². The van der Waals surface area contributed by atoms with Crippen LogP contribution in [0.15, 0.2) is 72.8 Å². The first-order valence-corrected chi connectivity index (χ1v) is 9.80. The van der Waals surface area contributed by atoms with E-state index in [1.165, 1.54) is 5.56 Å². The molecule has 3 aromatic rings. The summed E-state index contributed by atoms with van der Waals surface area (Å²) >= 11 is 5.97. The molecular formula is C24H25ClN2O. The predicted molar refractivity (Wildman–Crippen MR) is 117 cm³/mol. The van der Waals surface area contributed by atoms with Gasteiger partial charge < -0.3 is 10.2 Å². The van der Waals surface area contributed by atoms with Crippen LogP contribution in [0, 0.1) is 13.8 Å². The first-order chi connectivity index (χ1) is 13.5. The predicted octanol–water partition coefficient (Wildman–Crippen LogP) is 6.23. The number of halogens is 1. The van der Waals surface area contributed by atoms with Gasteiger partial charge in [-0.05, 0) is 55.2 Å². The van der Waals surface area contributed by atoms with Gasteiger partial charge in [0.15, 0.2) is 0 Å². The summed E-state index contributed by atoms with van der Waals surface area (Å²) in [5.41, 5.74) is 5.35. The molecule has 4 heteroatoms. The minimum absolute atomic E-state index is 0.0928. The standard InChI is InChI=1S/C24H25ClN2O/c1-18-8-13-23(19(2)16-18)26-24(28)27(17-21-6-4-3-5-7-21)15-14-20-9-11-22(25)12-10-20/h3-13,16H,14-15,17H2,1-2H3,(H,26,28). The molecule has 0 bridgehead atoms. The first kappa shape index (κ1) is 20.0. The van der Waals surface area contributed by atoms with Crippen molar-refractivity contribution in [1.29, 1.82) is 0 Å². The van der Waals surface area contributed by atoms with Crippen LogP contribution in [0.25, 0.3) is 0 Å². The highest BCUT2D eigenvalue weighted by molar-refractivity contribution is 6.30. The molecule has 3 aromatic carbocycles. The van der Waals surface area contributed by atoms with Gasteiger partial charge in [-0.2, -0.15) is 0 Å². The summed E-state index contributed by atoms with van der Waals surface area (Å²) in [7, 11) is 0. The zero-order chi connectivity index (χ0) is 19.9. The van der Waals surface area contributed by atoms with Gasteiger partial charge in [0.2, 0.25) is 0 Å². The number of amides is 2. The molecule has 0 fully saturated rings. The Morgan fingerprint density at radius 2 is 1.64 bits per heavy atom. The van der Waals surface area contributed by atoms with E-state index in [-0.39, 0.29) is 6.03 Å². The highest BCUT2D eigenvalue weighted by atomic mass is 35.5. The zero-order valence-corrected chi connectivity index (χ0v) is 17.0. The topological polar surface area (TPSA) is 32.3 Å². The van der Waals surface area contributed by atoms with E-state index < -0.39 is 0 Å². The molecule has 0 saturated carbocycles. The molecule has 3 rings (SSSR count). The lowest BCUT2D eigenvalue weighted by molar-refractivity contribution is 0.210. The number of carbonyl (C=O) groups is 1. The molecule has 2 amide bonds. The van der Waals surface area contributed by atoms with Crippen molar-refractivity contribution in [3.8, 4) is 0 Å². The summed E-state index contributed by atoms with van der Waals surface area (Å²) in [6, 6.07) is 23.8. The van der Waals surface area contributed by atoms with E-state index >= 15 is 0 Å². The molecule has 3 nitrogen and oxygen atoms in total. The van der Waals surface area contributed by atoms with Gasteiger partial charge in [-0.3, -0.25) is 0 Å². The number of benzene rings is 3. The fraction of sp³-hybridized carbons (Fsp3) is 0.208. The van der Waals surface area contributed by atoms with Gasteiger partial charge >= 0.3 is 6.03 Å². The maximum Gasteiger partial charge on any atom is 0.322 e. The molecular weight excluding hydrogens is 368 g/mol. The normalized spacial score (nSPS) is 10.5. The van der Waals surface area contributed by atoms with E-state index in [0.29, 0.717) is 13.1 Å². The van der Waals surface area contributed by atoms with Gasteiger partial charge in [0.25, 0.3) is 0 Å². The Morgan fingerprint density at radius 1 is 0.929 bits per heavy atom. The van der Waals surface area contributed by atoms with Crippen molar-refractivity contribution < 1.29 is 4.79 Å². The quantitative estimate of drug-likeness (QED) is 0.529. The molecule has 0 aromatic heterocycles. The Hall–Kier alpha value is -2.78. The van der Waals surface area contributed by atoms with Crippen molar-refractivity contribution in [3.63, 3.8) is 0 Å². The van der Waals surface area contributed by atoms with Crippen LogP contribution in [0.2, 0.25) is 5.02 Å². The third-order valence-electron chi connectivity index (χ3n) is 4.71. The summed E-state index contributed by atoms with van der Waals surface area (Å²) in [6.07, 6.45) is 0.768. The molecule has 0 aliphatic carbocycles. The summed E-state index contributed by atoms with van der Waals surface area (Å²) in [6.45, 7) is 5.24. The third kappa shape index (κ3) is 5.61. The number of nitrogens with one attached hydrogen (secondary N) is 1. The lowest BCUT2D eigenvalue weighted by Gasteiger charge is -2.24. The number of rotatable bonds is 6. The van der Waals surface area contributed by atoms with Crippen LogP contribution in [0.5, 0.6) is 0 Å². The van der Waals surface area contributed by atoms with Gasteiger partial charge in [0.1, 0.15) is 0 Å². The molecule has 0 heterocycles. The van der Waals surface area contributed by atoms with Crippen molar-refractivity contribution in [2.75, 3.05) is 11.9 Å². The van der Waals surface area contributed by atoms with E-state index in [4.69, 9.17) is 11.6 Å². The highest BCUT2D eigenvalue weighted by Gasteiger charge is 2.15. The Morgan fingerprint density at radius 3 is 2.32 bits per heavy atom. The van der Waals surface area contributed by atoms with E-state index in [9.17, 15) is 4.79 Å². The molecule has 0 saturated heterocycles. The smallest absolute Gasteiger partial charge is 0.320 e. The van der Waals surface area contributed by atoms with Crippen LogP contribution < -0.4 is 5.32 Å². The van der Waals surface area contributed by atoms with Gasteiger partial charge in [0.05, 0.1) is 0 Å². The molecule has 0 aliphatic heterocycles. The van der Waals surface area contributed by atoms with E-state index in [2.05, 4.69) is 11.4 Å². The van der Waals surface area contributed by atoms with Crippen LogP contribution in [-0.2, 0) is 13.0 Å². The van der Waals surface area contributed by atoms with Crippen LogP contribution in [0.4, 0.5) is 10.5 Å². The lowest BCUT2D eigenvalue weighted by Crippen LogP contribution is -2.36. The third-order valence-corrected chi connectivity index (χ3v) is 4.96. The van der Waals surface area contributed by atoms with Crippen molar-refractivity contribution in [2.45, 2.75) is 26.8 Å². The van der Waals surface area contributed by atoms with Crippen LogP contribution in [0.1, 0.15) is 22.3 Å². The van der Waals surface area contributed by atoms with Crippen molar-refractivity contribution in [1.82, 2.24) is 4.90 Å². The number of urea groups is 1. The maximum atomic E-state index is 13.0. The number of aryl methyl sites for hydroxylation is 2. The molecule has 0 aliphatic rings. The van der Waals surface area contributed by atoms with Gasteiger partial charge in [0, 0.05) is 23.8 Å². The average molecular weight is 393 g/mol. The largest absolute Gasteiger partial charge is 0.322 e. The van der Waals surface area contributed by atoms with Gasteiger partial charge in [-0.15, -0.1) is 0 Å². The lowest BCUT2D eigenvalue weighted by atomic mass is 10.1. The summed E-state index contributed by atoms with van der Waals surface area (Å²) < 4.78 is 0. The number of anilines is 1. The van der Waals surface area contributed by atoms with E-state index in [1.807, 2.05) is 85.5 Å². The molecule has 0 radical (unpaired) electrons. The fourth-order valence-electron chi connectivity index (χ4n) is 3.12. The second kappa shape index (κ2) is 9.43. The molecule has 0 spiro atoms. The first-order valence-electron chi connectivity index (χ1n) is 9.43. The van der Waals surface area contributed by atoms with E-state index in [1.54, 1.807) is 0 Å². The minimum Gasteiger partial charge on any atom is -0.320 e. The van der Waals surface area contributed by atoms with Crippen molar-refractivity contribution in [2.24, 2.45) is 0 Å². The summed E-state index contributed by atoms with van der Waals surface area (Å²) in [5, 5.41) is 3.79. The molecule has 28 heavy (non-hydrogen) atoms. The number of carbonyl (C=O) groups excluding carboxylic acids is 1. The number of nitrogens with zero attached hydrogens (tertiary/aromatic N) is 1. The van der Waals surface area contributed by atoms with Crippen LogP contribution >= 0.6 is 11.6 Å². The zero-order valence-electron chi connectivity index (χ0n) is 16.3. The Kier molecular flexibility index (Phi) is 6.72. The molecule has 0 atom stereocenters. The Balaban J connectivity index is 1.74. The molecule has 1 N–H and O–H groups in total. The Labute approximate surface area is 172 Å². The highest BCUT2D eigenvalue weighted by Crippen LogP contribution is 2.18. The number of hydrogen-bond donors (Lipinski definition) is 1. The summed E-state index contributed by atoms with van der Waals surface area (Å²) in [5.74, 6) is 0. The molecule has 0 unspecified atom stereocenters. The Bertz CT molecular complexity index is 923. The average Bonchev–Trinajstić information content (AvgIpc) is 2.69. The second-order valence-corrected chi connectivity index (χ2v) is 7.47. The fourth-order valence-corrected chi connectivity index (χ4v) is 3.25.